The Morgan fingerprint density at radius 2 is 2.53 bits per heavy atom. The van der Waals surface area contributed by atoms with Crippen molar-refractivity contribution in [2.24, 2.45) is 5.92 Å². The van der Waals surface area contributed by atoms with E-state index in [4.69, 9.17) is 0 Å². The molecular weight excluding hydrogens is 214 g/mol. The molecule has 1 amide bonds. The smallest absolute Gasteiger partial charge is 0.272 e. The van der Waals surface area contributed by atoms with Gasteiger partial charge in [0.25, 0.3) is 5.91 Å². The molecule has 1 aliphatic rings. The Morgan fingerprint density at radius 3 is 3.13 bits per heavy atom. The van der Waals surface area contributed by atoms with Gasteiger partial charge in [0.1, 0.15) is 0 Å². The van der Waals surface area contributed by atoms with Crippen molar-refractivity contribution < 1.29 is 9.90 Å². The molecule has 1 aromatic rings. The molecule has 2 unspecified atom stereocenters. The molecule has 1 fully saturated rings. The molecule has 2 atom stereocenters. The van der Waals surface area contributed by atoms with Gasteiger partial charge in [-0.05, 0) is 24.4 Å². The van der Waals surface area contributed by atoms with Crippen molar-refractivity contribution in [1.82, 2.24) is 14.9 Å². The minimum Gasteiger partial charge on any atom is -0.393 e. The van der Waals surface area contributed by atoms with Gasteiger partial charge in [0.2, 0.25) is 0 Å². The van der Waals surface area contributed by atoms with E-state index in [0.717, 1.165) is 30.8 Å². The first-order valence-electron chi connectivity index (χ1n) is 5.00. The molecule has 0 aliphatic heterocycles. The first-order chi connectivity index (χ1) is 7.27. The van der Waals surface area contributed by atoms with Crippen LogP contribution in [0.2, 0.25) is 0 Å². The van der Waals surface area contributed by atoms with Crippen LogP contribution < -0.4 is 5.32 Å². The molecule has 15 heavy (non-hydrogen) atoms. The first-order valence-corrected chi connectivity index (χ1v) is 5.84. The standard InChI is InChI=1S/C9H13N3O2S/c13-8-3-1-2-6(8)4-10-9(14)7-5-15-12-11-7/h5-6,8,13H,1-4H2,(H,10,14). The van der Waals surface area contributed by atoms with E-state index in [2.05, 4.69) is 14.9 Å². The number of aliphatic hydroxyl groups excluding tert-OH is 1. The summed E-state index contributed by atoms with van der Waals surface area (Å²) in [4.78, 5) is 11.5. The van der Waals surface area contributed by atoms with Crippen LogP contribution in [0.25, 0.3) is 0 Å². The van der Waals surface area contributed by atoms with Crippen LogP contribution in [0.3, 0.4) is 0 Å². The highest BCUT2D eigenvalue weighted by Crippen LogP contribution is 2.24. The maximum atomic E-state index is 11.5. The third-order valence-electron chi connectivity index (χ3n) is 2.74. The highest BCUT2D eigenvalue weighted by Gasteiger charge is 2.25. The third kappa shape index (κ3) is 2.51. The molecule has 0 radical (unpaired) electrons. The summed E-state index contributed by atoms with van der Waals surface area (Å²) < 4.78 is 3.62. The van der Waals surface area contributed by atoms with Gasteiger partial charge in [0, 0.05) is 17.8 Å². The van der Waals surface area contributed by atoms with Crippen LogP contribution >= 0.6 is 11.5 Å². The van der Waals surface area contributed by atoms with Crippen LogP contribution in [0, 0.1) is 5.92 Å². The van der Waals surface area contributed by atoms with Gasteiger partial charge in [0.15, 0.2) is 5.69 Å². The number of hydrogen-bond acceptors (Lipinski definition) is 5. The number of rotatable bonds is 3. The summed E-state index contributed by atoms with van der Waals surface area (Å²) in [5.74, 6) is -0.0107. The molecule has 1 saturated carbocycles. The lowest BCUT2D eigenvalue weighted by atomic mass is 10.1. The van der Waals surface area contributed by atoms with Gasteiger partial charge >= 0.3 is 0 Å². The van der Waals surface area contributed by atoms with Crippen LogP contribution in [0.5, 0.6) is 0 Å². The molecule has 2 N–H and O–H groups in total. The Bertz CT molecular complexity index is 328. The van der Waals surface area contributed by atoms with E-state index in [-0.39, 0.29) is 17.9 Å². The van der Waals surface area contributed by atoms with E-state index in [1.54, 1.807) is 5.38 Å². The van der Waals surface area contributed by atoms with Crippen molar-refractivity contribution in [1.29, 1.82) is 0 Å². The van der Waals surface area contributed by atoms with Crippen LogP contribution in [-0.2, 0) is 0 Å². The van der Waals surface area contributed by atoms with E-state index in [9.17, 15) is 9.90 Å². The maximum Gasteiger partial charge on any atom is 0.272 e. The van der Waals surface area contributed by atoms with Crippen LogP contribution in [0.1, 0.15) is 29.8 Å². The molecular formula is C9H13N3O2S. The SMILES string of the molecule is O=C(NCC1CCCC1O)c1csnn1. The average molecular weight is 227 g/mol. The first kappa shape index (κ1) is 10.5. The van der Waals surface area contributed by atoms with Crippen molar-refractivity contribution >= 4 is 17.4 Å². The summed E-state index contributed by atoms with van der Waals surface area (Å²) in [6, 6.07) is 0. The third-order valence-corrected chi connectivity index (χ3v) is 3.24. The number of hydrogen-bond donors (Lipinski definition) is 2. The zero-order chi connectivity index (χ0) is 10.7. The Hall–Kier alpha value is -1.01. The monoisotopic (exact) mass is 227 g/mol. The molecule has 0 saturated heterocycles. The lowest BCUT2D eigenvalue weighted by Gasteiger charge is -2.14. The van der Waals surface area contributed by atoms with Gasteiger partial charge in [-0.1, -0.05) is 10.9 Å². The zero-order valence-corrected chi connectivity index (χ0v) is 9.04. The fourth-order valence-corrected chi connectivity index (χ4v) is 2.27. The van der Waals surface area contributed by atoms with Gasteiger partial charge < -0.3 is 10.4 Å². The molecule has 0 bridgehead atoms. The van der Waals surface area contributed by atoms with E-state index >= 15 is 0 Å². The molecule has 1 aromatic heterocycles. The van der Waals surface area contributed by atoms with Crippen LogP contribution in [0.4, 0.5) is 0 Å². The molecule has 0 aromatic carbocycles. The highest BCUT2D eigenvalue weighted by atomic mass is 32.1. The molecule has 6 heteroatoms. The minimum absolute atomic E-state index is 0.195. The van der Waals surface area contributed by atoms with Crippen molar-refractivity contribution in [3.63, 3.8) is 0 Å². The molecule has 0 spiro atoms. The lowest BCUT2D eigenvalue weighted by molar-refractivity contribution is 0.0912. The number of aromatic nitrogens is 2. The summed E-state index contributed by atoms with van der Waals surface area (Å²) in [5.41, 5.74) is 0.354. The van der Waals surface area contributed by atoms with E-state index < -0.39 is 0 Å². The largest absolute Gasteiger partial charge is 0.393 e. The molecule has 5 nitrogen and oxygen atoms in total. The van der Waals surface area contributed by atoms with Crippen molar-refractivity contribution in [2.45, 2.75) is 25.4 Å². The Labute approximate surface area is 91.7 Å². The fourth-order valence-electron chi connectivity index (χ4n) is 1.83. The predicted octanol–water partition coefficient (Wildman–Crippen LogP) is 0.429. The Morgan fingerprint density at radius 1 is 1.67 bits per heavy atom. The zero-order valence-electron chi connectivity index (χ0n) is 8.22. The summed E-state index contributed by atoms with van der Waals surface area (Å²) in [7, 11) is 0. The fraction of sp³-hybridized carbons (Fsp3) is 0.667. The van der Waals surface area contributed by atoms with E-state index in [1.807, 2.05) is 0 Å². The summed E-state index contributed by atoms with van der Waals surface area (Å²) >= 11 is 1.16. The minimum atomic E-state index is -0.265. The van der Waals surface area contributed by atoms with E-state index in [0.29, 0.717) is 12.2 Å². The van der Waals surface area contributed by atoms with Gasteiger partial charge in [0.05, 0.1) is 6.10 Å². The number of aliphatic hydroxyl groups is 1. The number of nitrogens with one attached hydrogen (secondary N) is 1. The van der Waals surface area contributed by atoms with E-state index in [1.165, 1.54) is 0 Å². The number of amides is 1. The second kappa shape index (κ2) is 4.67. The molecule has 82 valence electrons. The van der Waals surface area contributed by atoms with Crippen molar-refractivity contribution in [2.75, 3.05) is 6.54 Å². The number of carbonyl (C=O) groups excluding carboxylic acids is 1. The molecule has 1 aliphatic carbocycles. The summed E-state index contributed by atoms with van der Waals surface area (Å²) in [6.07, 6.45) is 2.61. The normalized spacial score (nSPS) is 25.4. The average Bonchev–Trinajstić information content (AvgIpc) is 2.85. The maximum absolute atomic E-state index is 11.5. The number of nitrogens with zero attached hydrogens (tertiary/aromatic N) is 2. The van der Waals surface area contributed by atoms with Crippen molar-refractivity contribution in [3.8, 4) is 0 Å². The topological polar surface area (TPSA) is 75.1 Å². The van der Waals surface area contributed by atoms with Gasteiger partial charge in [-0.2, -0.15) is 0 Å². The quantitative estimate of drug-likeness (QED) is 0.785. The van der Waals surface area contributed by atoms with Gasteiger partial charge in [-0.3, -0.25) is 4.79 Å². The number of carbonyl (C=O) groups is 1. The second-order valence-electron chi connectivity index (χ2n) is 3.76. The van der Waals surface area contributed by atoms with Crippen LogP contribution in [0.15, 0.2) is 5.38 Å². The van der Waals surface area contributed by atoms with Crippen molar-refractivity contribution in [3.05, 3.63) is 11.1 Å². The predicted molar refractivity (Wildman–Crippen MR) is 55.6 cm³/mol. The Balaban J connectivity index is 1.81. The molecule has 1 heterocycles. The molecule has 2 rings (SSSR count). The van der Waals surface area contributed by atoms with Gasteiger partial charge in [-0.25, -0.2) is 0 Å². The lowest BCUT2D eigenvalue weighted by Crippen LogP contribution is -2.32. The van der Waals surface area contributed by atoms with Crippen LogP contribution in [-0.4, -0.2) is 33.2 Å². The Kier molecular flexibility index (Phi) is 3.27. The van der Waals surface area contributed by atoms with Gasteiger partial charge in [-0.15, -0.1) is 5.10 Å². The second-order valence-corrected chi connectivity index (χ2v) is 4.37. The highest BCUT2D eigenvalue weighted by molar-refractivity contribution is 7.03. The summed E-state index contributed by atoms with van der Waals surface area (Å²) in [6.45, 7) is 0.525. The summed E-state index contributed by atoms with van der Waals surface area (Å²) in [5, 5.41) is 17.6.